The maximum Gasteiger partial charge on any atom is 0.0267 e. The normalized spacial score (nSPS) is 11.2. The monoisotopic (exact) mass is 566 g/mol. The first-order valence-electron chi connectivity index (χ1n) is 14.4. The second-order valence-corrected chi connectivity index (χ2v) is 14.9. The summed E-state index contributed by atoms with van der Waals surface area (Å²) in [4.78, 5) is 7.56. The Bertz CT molecular complexity index is 826. The van der Waals surface area contributed by atoms with Gasteiger partial charge >= 0.3 is 0 Å². The van der Waals surface area contributed by atoms with E-state index in [4.69, 9.17) is 0 Å². The van der Waals surface area contributed by atoms with Gasteiger partial charge in [0.2, 0.25) is 0 Å². The smallest absolute Gasteiger partial charge is 0.0267 e. The Hall–Kier alpha value is -2.52. The molecule has 3 aromatic rings. The Kier molecular flexibility index (Phi) is 26.7. The fraction of sp³-hybridized carbons (Fsp3) is 0.514. The van der Waals surface area contributed by atoms with E-state index in [2.05, 4.69) is 137 Å². The number of aromatic nitrogens is 1. The molecule has 4 rings (SSSR count). The summed E-state index contributed by atoms with van der Waals surface area (Å²) in [6.07, 6.45) is 10.2. The number of hydrogen-bond acceptors (Lipinski definition) is 3. The summed E-state index contributed by atoms with van der Waals surface area (Å²) < 4.78 is 0. The van der Waals surface area contributed by atoms with Crippen molar-refractivity contribution in [3.05, 3.63) is 102 Å². The summed E-state index contributed by atoms with van der Waals surface area (Å²) in [5.74, 6) is 0.833. The van der Waals surface area contributed by atoms with Gasteiger partial charge in [0.25, 0.3) is 0 Å². The highest BCUT2D eigenvalue weighted by Crippen LogP contribution is 2.20. The molecule has 0 fully saturated rings. The average molecular weight is 567 g/mol. The molecule has 0 spiro atoms. The van der Waals surface area contributed by atoms with Gasteiger partial charge in [0.15, 0.2) is 0 Å². The molecule has 3 heteroatoms. The van der Waals surface area contributed by atoms with Crippen LogP contribution in [0.3, 0.4) is 0 Å². The molecule has 2 nitrogen and oxygen atoms in total. The Morgan fingerprint density at radius 2 is 1.02 bits per heavy atom. The lowest BCUT2D eigenvalue weighted by molar-refractivity contribution is 0.469. The Morgan fingerprint density at radius 1 is 0.625 bits per heavy atom. The van der Waals surface area contributed by atoms with Gasteiger partial charge in [-0.1, -0.05) is 152 Å². The van der Waals surface area contributed by atoms with Crippen molar-refractivity contribution in [3.8, 4) is 0 Å². The van der Waals surface area contributed by atoms with Gasteiger partial charge in [-0.15, -0.1) is 0 Å². The van der Waals surface area contributed by atoms with Crippen LogP contribution in [0.5, 0.6) is 0 Å². The summed E-state index contributed by atoms with van der Waals surface area (Å²) in [5, 5.41) is 4.08. The number of hydrogen-bond donors (Lipinski definition) is 0. The zero-order valence-corrected chi connectivity index (χ0v) is 29.2. The molecular formula is C37H62N2S. The number of allylic oxidation sites excluding steroid dienone is 1. The van der Waals surface area contributed by atoms with Gasteiger partial charge in [-0.25, -0.2) is 0 Å². The minimum Gasteiger partial charge on any atom is -0.269 e. The van der Waals surface area contributed by atoms with E-state index in [0.717, 1.165) is 12.3 Å². The molecule has 3 heterocycles. The fourth-order valence-electron chi connectivity index (χ4n) is 1.78. The van der Waals surface area contributed by atoms with Crippen LogP contribution in [0.25, 0.3) is 0 Å². The molecule has 2 aromatic heterocycles. The third kappa shape index (κ3) is 55.9. The maximum atomic E-state index is 3.78. The van der Waals surface area contributed by atoms with Gasteiger partial charge in [0, 0.05) is 31.2 Å². The highest BCUT2D eigenvalue weighted by molar-refractivity contribution is 7.07. The topological polar surface area (TPSA) is 25.2 Å². The van der Waals surface area contributed by atoms with E-state index < -0.39 is 0 Å². The molecule has 0 amide bonds. The molecule has 1 aliphatic rings. The fourth-order valence-corrected chi connectivity index (χ4v) is 2.24. The first-order valence-corrected chi connectivity index (χ1v) is 15.3. The molecule has 0 unspecified atom stereocenters. The van der Waals surface area contributed by atoms with Gasteiger partial charge in [-0.2, -0.15) is 11.3 Å². The van der Waals surface area contributed by atoms with Gasteiger partial charge in [-0.3, -0.25) is 9.98 Å². The molecule has 0 aliphatic carbocycles. The van der Waals surface area contributed by atoms with Crippen molar-refractivity contribution in [2.45, 2.75) is 109 Å². The van der Waals surface area contributed by atoms with Crippen LogP contribution in [-0.4, -0.2) is 11.2 Å². The maximum absolute atomic E-state index is 3.78. The molecule has 1 aromatic carbocycles. The number of aliphatic imine (C=N–C) groups is 1. The van der Waals surface area contributed by atoms with E-state index in [0.29, 0.717) is 16.2 Å². The minimum absolute atomic E-state index is 0.293. The van der Waals surface area contributed by atoms with Crippen molar-refractivity contribution in [1.82, 2.24) is 4.98 Å². The number of rotatable bonds is 0. The lowest BCUT2D eigenvalue weighted by Gasteiger charge is -2.18. The lowest BCUT2D eigenvalue weighted by Crippen LogP contribution is -2.10. The molecule has 0 saturated carbocycles. The van der Waals surface area contributed by atoms with Crippen molar-refractivity contribution < 1.29 is 0 Å². The summed E-state index contributed by atoms with van der Waals surface area (Å²) in [6, 6.07) is 20.3. The van der Waals surface area contributed by atoms with Crippen molar-refractivity contribution >= 4 is 17.6 Å². The van der Waals surface area contributed by atoms with Crippen LogP contribution in [0.15, 0.2) is 101 Å². The van der Waals surface area contributed by atoms with Crippen LogP contribution in [-0.2, 0) is 5.41 Å². The van der Waals surface area contributed by atoms with E-state index >= 15 is 0 Å². The quantitative estimate of drug-likeness (QED) is 0.266. The first-order chi connectivity index (χ1) is 18.3. The molecule has 0 radical (unpaired) electrons. The first kappa shape index (κ1) is 42.0. The molecule has 0 atom stereocenters. The summed E-state index contributed by atoms with van der Waals surface area (Å²) in [5.41, 5.74) is 2.69. The van der Waals surface area contributed by atoms with Crippen molar-refractivity contribution in [3.63, 3.8) is 0 Å². The second-order valence-electron chi connectivity index (χ2n) is 14.1. The highest BCUT2D eigenvalue weighted by atomic mass is 32.1. The summed E-state index contributed by atoms with van der Waals surface area (Å²) in [7, 11) is 0. The molecule has 0 saturated heterocycles. The summed E-state index contributed by atoms with van der Waals surface area (Å²) >= 11 is 1.71. The zero-order chi connectivity index (χ0) is 31.5. The van der Waals surface area contributed by atoms with Crippen LogP contribution >= 0.6 is 11.3 Å². The van der Waals surface area contributed by atoms with Gasteiger partial charge in [0.1, 0.15) is 0 Å². The van der Waals surface area contributed by atoms with E-state index in [1.807, 2.05) is 53.4 Å². The van der Waals surface area contributed by atoms with Gasteiger partial charge in [-0.05, 0) is 50.6 Å². The molecular weight excluding hydrogens is 504 g/mol. The van der Waals surface area contributed by atoms with E-state index in [9.17, 15) is 0 Å². The molecule has 0 N–H and O–H groups in total. The van der Waals surface area contributed by atoms with Crippen LogP contribution < -0.4 is 0 Å². The lowest BCUT2D eigenvalue weighted by atomic mass is 9.87. The zero-order valence-electron chi connectivity index (χ0n) is 28.4. The number of benzene rings is 1. The Labute approximate surface area is 254 Å². The Balaban J connectivity index is -0.000000410. The highest BCUT2D eigenvalue weighted by Gasteiger charge is 2.11. The standard InChI is InChI=1S/C10H14.C5H5N.2C5H12.C4H5N.C4H4S.C4H10/c1-10(2,3)9-7-5-4-6-8-9;1-2-4-6-5-3-1;2*1-5(2,3)4;2*1-2-4-5-3-1;1-4(2)3/h4-8H,1-3H3;1-5H;2*1-4H3;1,3-4H,2H2;1-4H;4H,1-3H3. The molecule has 1 aliphatic heterocycles. The van der Waals surface area contributed by atoms with Gasteiger partial charge < -0.3 is 0 Å². The predicted molar refractivity (Wildman–Crippen MR) is 187 cm³/mol. The van der Waals surface area contributed by atoms with Crippen molar-refractivity contribution in [2.75, 3.05) is 0 Å². The minimum atomic E-state index is 0.293. The number of nitrogens with zero attached hydrogens (tertiary/aromatic N) is 2. The van der Waals surface area contributed by atoms with Crippen LogP contribution in [0, 0.1) is 16.7 Å². The number of pyridine rings is 1. The predicted octanol–water partition coefficient (Wildman–Crippen LogP) is 12.6. The largest absolute Gasteiger partial charge is 0.269 e. The van der Waals surface area contributed by atoms with E-state index in [1.54, 1.807) is 29.9 Å². The van der Waals surface area contributed by atoms with Crippen molar-refractivity contribution in [1.29, 1.82) is 0 Å². The average Bonchev–Trinajstić information content (AvgIpc) is 3.57. The van der Waals surface area contributed by atoms with Crippen LogP contribution in [0.1, 0.15) is 109 Å². The Morgan fingerprint density at radius 3 is 1.18 bits per heavy atom. The SMILES string of the molecule is C1=CN=CC1.CC(C)(C)C.CC(C)(C)C.CC(C)(C)c1ccccc1.CC(C)C.c1ccncc1.c1ccsc1. The van der Waals surface area contributed by atoms with Crippen LogP contribution in [0.2, 0.25) is 0 Å². The van der Waals surface area contributed by atoms with Gasteiger partial charge in [0.05, 0.1) is 0 Å². The third-order valence-electron chi connectivity index (χ3n) is 3.17. The molecule has 40 heavy (non-hydrogen) atoms. The third-order valence-corrected chi connectivity index (χ3v) is 3.80. The van der Waals surface area contributed by atoms with E-state index in [-0.39, 0.29) is 0 Å². The van der Waals surface area contributed by atoms with Crippen LogP contribution in [0.4, 0.5) is 0 Å². The molecule has 0 bridgehead atoms. The molecule has 226 valence electrons. The van der Waals surface area contributed by atoms with Crippen molar-refractivity contribution in [2.24, 2.45) is 21.7 Å². The number of thiophene rings is 1. The second kappa shape index (κ2) is 25.4. The summed E-state index contributed by atoms with van der Waals surface area (Å²) in [6.45, 7) is 30.7. The van der Waals surface area contributed by atoms with E-state index in [1.165, 1.54) is 5.56 Å².